The lowest BCUT2D eigenvalue weighted by atomic mass is 10.3. The second-order valence-corrected chi connectivity index (χ2v) is 7.82. The van der Waals surface area contributed by atoms with Crippen molar-refractivity contribution < 1.29 is 14.1 Å². The number of rotatable bonds is 6. The maximum Gasteiger partial charge on any atom is 0.326 e. The molecule has 3 heterocycles. The number of carbonyl (C=O) groups is 2. The summed E-state index contributed by atoms with van der Waals surface area (Å²) in [5, 5.41) is 7.27. The van der Waals surface area contributed by atoms with Crippen molar-refractivity contribution in [2.45, 2.75) is 33.2 Å². The van der Waals surface area contributed by atoms with E-state index >= 15 is 0 Å². The fourth-order valence-electron chi connectivity index (χ4n) is 3.00. The molecule has 1 N–H and O–H groups in total. The summed E-state index contributed by atoms with van der Waals surface area (Å²) in [4.78, 5) is 33.6. The van der Waals surface area contributed by atoms with E-state index in [4.69, 9.17) is 4.52 Å². The summed E-state index contributed by atoms with van der Waals surface area (Å²) in [5.74, 6) is 1.15. The highest BCUT2D eigenvalue weighted by molar-refractivity contribution is 7.17. The third-order valence-corrected chi connectivity index (χ3v) is 5.78. The van der Waals surface area contributed by atoms with Crippen LogP contribution in [-0.4, -0.2) is 46.6 Å². The topological polar surface area (TPSA) is 91.6 Å². The lowest BCUT2D eigenvalue weighted by molar-refractivity contribution is 0.0953. The van der Waals surface area contributed by atoms with Crippen molar-refractivity contribution in [3.8, 4) is 0 Å². The van der Waals surface area contributed by atoms with Crippen molar-refractivity contribution in [2.24, 2.45) is 5.92 Å². The summed E-state index contributed by atoms with van der Waals surface area (Å²) >= 11 is 1.26. The smallest absolute Gasteiger partial charge is 0.326 e. The Bertz CT molecular complexity index is 841. The van der Waals surface area contributed by atoms with E-state index in [1.165, 1.54) is 24.2 Å². The number of thiazole rings is 1. The van der Waals surface area contributed by atoms with Crippen molar-refractivity contribution in [1.29, 1.82) is 0 Å². The van der Waals surface area contributed by atoms with Gasteiger partial charge in [0.25, 0.3) is 5.91 Å². The van der Waals surface area contributed by atoms with E-state index in [1.807, 2.05) is 4.90 Å². The second-order valence-electron chi connectivity index (χ2n) is 6.85. The molecule has 2 aliphatic rings. The number of aromatic nitrogens is 2. The molecule has 1 saturated heterocycles. The standard InChI is InChI=1S/C17H21N5O3S/c1-10-7-13(20-25-10)8-18-15(23)14-11(2)19-16(26-14)22-6-5-21(17(22)24)9-12-3-4-12/h7,12H,3-6,8-9H2,1-2H3,(H,18,23). The molecule has 0 radical (unpaired) electrons. The number of amides is 3. The first kappa shape index (κ1) is 17.0. The predicted molar refractivity (Wildman–Crippen MR) is 96.3 cm³/mol. The third kappa shape index (κ3) is 3.44. The van der Waals surface area contributed by atoms with Crippen LogP contribution in [0.2, 0.25) is 0 Å². The number of urea groups is 1. The average Bonchev–Trinajstić information content (AvgIpc) is 3.02. The Morgan fingerprint density at radius 3 is 2.88 bits per heavy atom. The van der Waals surface area contributed by atoms with E-state index in [0.717, 1.165) is 13.1 Å². The molecule has 0 aromatic carbocycles. The van der Waals surface area contributed by atoms with Gasteiger partial charge in [0.15, 0.2) is 5.13 Å². The summed E-state index contributed by atoms with van der Waals surface area (Å²) in [7, 11) is 0. The van der Waals surface area contributed by atoms with Crippen LogP contribution in [0.5, 0.6) is 0 Å². The van der Waals surface area contributed by atoms with E-state index in [1.54, 1.807) is 24.8 Å². The highest BCUT2D eigenvalue weighted by Gasteiger charge is 2.35. The molecule has 138 valence electrons. The Morgan fingerprint density at radius 2 is 2.19 bits per heavy atom. The van der Waals surface area contributed by atoms with Crippen LogP contribution in [-0.2, 0) is 6.54 Å². The largest absolute Gasteiger partial charge is 0.361 e. The van der Waals surface area contributed by atoms with Gasteiger partial charge < -0.3 is 14.7 Å². The SMILES string of the molecule is Cc1cc(CNC(=O)c2sc(N3CCN(CC4CC4)C3=O)nc2C)no1. The van der Waals surface area contributed by atoms with Crippen molar-refractivity contribution in [1.82, 2.24) is 20.4 Å². The monoisotopic (exact) mass is 375 g/mol. The van der Waals surface area contributed by atoms with Gasteiger partial charge in [-0.15, -0.1) is 0 Å². The zero-order valence-corrected chi connectivity index (χ0v) is 15.6. The summed E-state index contributed by atoms with van der Waals surface area (Å²) in [6.45, 7) is 6.07. The molecule has 26 heavy (non-hydrogen) atoms. The lowest BCUT2D eigenvalue weighted by Gasteiger charge is -2.16. The Balaban J connectivity index is 1.41. The molecule has 1 aliphatic carbocycles. The van der Waals surface area contributed by atoms with Crippen LogP contribution in [0.25, 0.3) is 0 Å². The Labute approximate surface area is 155 Å². The third-order valence-electron chi connectivity index (χ3n) is 4.60. The Hall–Kier alpha value is -2.42. The molecular formula is C17H21N5O3S. The van der Waals surface area contributed by atoms with Crippen LogP contribution in [0.4, 0.5) is 9.93 Å². The quantitative estimate of drug-likeness (QED) is 0.837. The predicted octanol–water partition coefficient (Wildman–Crippen LogP) is 2.33. The van der Waals surface area contributed by atoms with Gasteiger partial charge in [0.2, 0.25) is 0 Å². The van der Waals surface area contributed by atoms with E-state index in [2.05, 4.69) is 15.5 Å². The summed E-state index contributed by atoms with van der Waals surface area (Å²) in [5.41, 5.74) is 1.30. The lowest BCUT2D eigenvalue weighted by Crippen LogP contribution is -2.33. The summed E-state index contributed by atoms with van der Waals surface area (Å²) in [6.07, 6.45) is 2.44. The van der Waals surface area contributed by atoms with Gasteiger partial charge in [0.1, 0.15) is 16.3 Å². The second kappa shape index (κ2) is 6.71. The maximum atomic E-state index is 12.6. The molecule has 0 unspecified atom stereocenters. The first-order chi connectivity index (χ1) is 12.5. The highest BCUT2D eigenvalue weighted by atomic mass is 32.1. The first-order valence-corrected chi connectivity index (χ1v) is 9.57. The van der Waals surface area contributed by atoms with E-state index < -0.39 is 0 Å². The Morgan fingerprint density at radius 1 is 1.38 bits per heavy atom. The molecule has 1 aliphatic heterocycles. The average molecular weight is 375 g/mol. The van der Waals surface area contributed by atoms with Crippen molar-refractivity contribution >= 4 is 28.4 Å². The maximum absolute atomic E-state index is 12.6. The van der Waals surface area contributed by atoms with Gasteiger partial charge in [0, 0.05) is 25.7 Å². The molecular weight excluding hydrogens is 354 g/mol. The number of nitrogens with zero attached hydrogens (tertiary/aromatic N) is 4. The van der Waals surface area contributed by atoms with Crippen molar-refractivity contribution in [3.63, 3.8) is 0 Å². The molecule has 8 nitrogen and oxygen atoms in total. The number of hydrogen-bond donors (Lipinski definition) is 1. The van der Waals surface area contributed by atoms with Crippen LogP contribution in [0.3, 0.4) is 0 Å². The van der Waals surface area contributed by atoms with Gasteiger partial charge in [-0.1, -0.05) is 16.5 Å². The van der Waals surface area contributed by atoms with Crippen molar-refractivity contribution in [2.75, 3.05) is 24.5 Å². The molecule has 1 saturated carbocycles. The van der Waals surface area contributed by atoms with Gasteiger partial charge >= 0.3 is 6.03 Å². The molecule has 3 amide bonds. The molecule has 0 bridgehead atoms. The highest BCUT2D eigenvalue weighted by Crippen LogP contribution is 2.33. The fraction of sp³-hybridized carbons (Fsp3) is 0.529. The van der Waals surface area contributed by atoms with Crippen molar-refractivity contribution in [3.05, 3.63) is 28.1 Å². The number of aryl methyl sites for hydroxylation is 2. The van der Waals surface area contributed by atoms with Gasteiger partial charge in [-0.3, -0.25) is 9.69 Å². The summed E-state index contributed by atoms with van der Waals surface area (Å²) in [6, 6.07) is 1.78. The number of carbonyl (C=O) groups excluding carboxylic acids is 2. The normalized spacial score (nSPS) is 17.2. The van der Waals surface area contributed by atoms with E-state index in [-0.39, 0.29) is 11.9 Å². The van der Waals surface area contributed by atoms with Crippen LogP contribution >= 0.6 is 11.3 Å². The molecule has 0 atom stereocenters. The van der Waals surface area contributed by atoms with Crippen LogP contribution < -0.4 is 10.2 Å². The van der Waals surface area contributed by atoms with Gasteiger partial charge in [-0.25, -0.2) is 9.78 Å². The minimum absolute atomic E-state index is 0.00400. The molecule has 2 aromatic rings. The van der Waals surface area contributed by atoms with Gasteiger partial charge in [-0.2, -0.15) is 0 Å². The zero-order chi connectivity index (χ0) is 18.3. The minimum Gasteiger partial charge on any atom is -0.361 e. The number of hydrogen-bond acceptors (Lipinski definition) is 6. The van der Waals surface area contributed by atoms with Crippen LogP contribution in [0.1, 0.15) is 39.7 Å². The van der Waals surface area contributed by atoms with Gasteiger partial charge in [0.05, 0.1) is 12.2 Å². The van der Waals surface area contributed by atoms with Crippen LogP contribution in [0.15, 0.2) is 10.6 Å². The molecule has 2 aromatic heterocycles. The zero-order valence-electron chi connectivity index (χ0n) is 14.8. The summed E-state index contributed by atoms with van der Waals surface area (Å²) < 4.78 is 4.99. The first-order valence-electron chi connectivity index (χ1n) is 8.75. The number of nitrogens with one attached hydrogen (secondary N) is 1. The van der Waals surface area contributed by atoms with E-state index in [9.17, 15) is 9.59 Å². The van der Waals surface area contributed by atoms with Gasteiger partial charge in [-0.05, 0) is 32.6 Å². The fourth-order valence-corrected chi connectivity index (χ4v) is 4.01. The molecule has 0 spiro atoms. The Kier molecular flexibility index (Phi) is 4.39. The number of anilines is 1. The minimum atomic E-state index is -0.214. The molecule has 4 rings (SSSR count). The molecule has 2 fully saturated rings. The van der Waals surface area contributed by atoms with Crippen LogP contribution in [0, 0.1) is 19.8 Å². The van der Waals surface area contributed by atoms with E-state index in [0.29, 0.717) is 46.2 Å². The molecule has 9 heteroatoms.